The molecule has 3 heterocycles. The summed E-state index contributed by atoms with van der Waals surface area (Å²) in [6, 6.07) is 11.3. The molecular formula is C27H27F3N4O. The molecule has 1 N–H and O–H groups in total. The van der Waals surface area contributed by atoms with Crippen molar-refractivity contribution in [3.05, 3.63) is 89.1 Å². The highest BCUT2D eigenvalue weighted by atomic mass is 19.4. The number of rotatable bonds is 6. The zero-order valence-electron chi connectivity index (χ0n) is 19.5. The first-order valence-corrected chi connectivity index (χ1v) is 11.5. The molecule has 1 aliphatic heterocycles. The van der Waals surface area contributed by atoms with Gasteiger partial charge in [0.25, 0.3) is 0 Å². The van der Waals surface area contributed by atoms with Crippen LogP contribution in [0.15, 0.2) is 78.1 Å². The third-order valence-corrected chi connectivity index (χ3v) is 5.94. The summed E-state index contributed by atoms with van der Waals surface area (Å²) in [4.78, 5) is 19.7. The summed E-state index contributed by atoms with van der Waals surface area (Å²) in [6.07, 6.45) is 4.80. The van der Waals surface area contributed by atoms with Crippen LogP contribution < -0.4 is 15.6 Å². The summed E-state index contributed by atoms with van der Waals surface area (Å²) >= 11 is 0. The Kier molecular flexibility index (Phi) is 7.10. The summed E-state index contributed by atoms with van der Waals surface area (Å²) < 4.78 is 44.3. The van der Waals surface area contributed by atoms with Crippen molar-refractivity contribution in [2.24, 2.45) is 0 Å². The van der Waals surface area contributed by atoms with E-state index >= 15 is 0 Å². The van der Waals surface area contributed by atoms with Crippen molar-refractivity contribution in [1.29, 1.82) is 0 Å². The van der Waals surface area contributed by atoms with Crippen molar-refractivity contribution in [3.8, 4) is 0 Å². The number of nitrogens with zero attached hydrogens (tertiary/aromatic N) is 3. The number of pyridine rings is 2. The first kappa shape index (κ1) is 24.3. The second-order valence-electron chi connectivity index (χ2n) is 8.30. The van der Waals surface area contributed by atoms with E-state index in [4.69, 9.17) is 0 Å². The number of alkyl halides is 3. The molecular weight excluding hydrogens is 453 g/mol. The number of piperidine rings is 1. The van der Waals surface area contributed by atoms with E-state index in [2.05, 4.69) is 16.9 Å². The van der Waals surface area contributed by atoms with Gasteiger partial charge in [0.15, 0.2) is 11.1 Å². The predicted octanol–water partition coefficient (Wildman–Crippen LogP) is 6.75. The van der Waals surface area contributed by atoms with E-state index in [9.17, 15) is 18.0 Å². The molecule has 0 atom stereocenters. The van der Waals surface area contributed by atoms with Gasteiger partial charge in [-0.05, 0) is 50.5 Å². The first-order valence-electron chi connectivity index (χ1n) is 11.5. The fourth-order valence-corrected chi connectivity index (χ4v) is 4.30. The smallest absolute Gasteiger partial charge is 0.357 e. The number of hydrogen-bond donors (Lipinski definition) is 1. The van der Waals surface area contributed by atoms with Crippen LogP contribution in [0.3, 0.4) is 0 Å². The van der Waals surface area contributed by atoms with Gasteiger partial charge in [0.2, 0.25) is 0 Å². The third kappa shape index (κ3) is 5.16. The Morgan fingerprint density at radius 1 is 1.11 bits per heavy atom. The number of fused-ring (bicyclic) bond motifs is 1. The largest absolute Gasteiger partial charge is 0.417 e. The van der Waals surface area contributed by atoms with Crippen LogP contribution in [0.2, 0.25) is 0 Å². The summed E-state index contributed by atoms with van der Waals surface area (Å²) in [5, 5.41) is 2.73. The van der Waals surface area contributed by atoms with Crippen LogP contribution in [-0.4, -0.2) is 22.6 Å². The van der Waals surface area contributed by atoms with Crippen LogP contribution in [0.4, 0.5) is 30.5 Å². The number of anilines is 3. The van der Waals surface area contributed by atoms with Crippen molar-refractivity contribution >= 4 is 34.1 Å². The van der Waals surface area contributed by atoms with Crippen LogP contribution in [0.1, 0.15) is 31.7 Å². The molecule has 2 aromatic heterocycles. The molecule has 0 unspecified atom stereocenters. The van der Waals surface area contributed by atoms with E-state index in [1.54, 1.807) is 35.8 Å². The van der Waals surface area contributed by atoms with Gasteiger partial charge in [-0.15, -0.1) is 0 Å². The van der Waals surface area contributed by atoms with Crippen LogP contribution in [0.5, 0.6) is 0 Å². The van der Waals surface area contributed by atoms with Gasteiger partial charge < -0.3 is 10.2 Å². The predicted molar refractivity (Wildman–Crippen MR) is 136 cm³/mol. The van der Waals surface area contributed by atoms with Crippen molar-refractivity contribution in [1.82, 2.24) is 9.55 Å². The van der Waals surface area contributed by atoms with Crippen molar-refractivity contribution in [2.45, 2.75) is 32.4 Å². The number of hydrogen-bond acceptors (Lipinski definition) is 4. The highest BCUT2D eigenvalue weighted by molar-refractivity contribution is 5.88. The number of nitrogens with one attached hydrogen (secondary N) is 1. The molecule has 0 bridgehead atoms. The topological polar surface area (TPSA) is 50.2 Å². The Morgan fingerprint density at radius 3 is 2.46 bits per heavy atom. The minimum atomic E-state index is -4.72. The standard InChI is InChI=1S/C27H27F3N4O/c1-3-5-14-20(4-2)34-24(31-19-12-8-6-9-13-19)18-22(35)25-21(27(28,29)30)17-23(32-26(25)34)33-15-10-7-11-16-33/h3-6,8-9,12-14,17-18,31H,1,7,10-11,15-16H2,2H3/b14-5-,20-4+. The molecule has 0 saturated carbocycles. The second-order valence-corrected chi connectivity index (χ2v) is 8.30. The van der Waals surface area contributed by atoms with Crippen LogP contribution in [0.25, 0.3) is 16.7 Å². The first-order chi connectivity index (χ1) is 16.8. The molecule has 1 saturated heterocycles. The zero-order chi connectivity index (χ0) is 25.0. The van der Waals surface area contributed by atoms with E-state index in [0.29, 0.717) is 30.3 Å². The van der Waals surface area contributed by atoms with Gasteiger partial charge in [-0.1, -0.05) is 43.0 Å². The average molecular weight is 481 g/mol. The summed E-state index contributed by atoms with van der Waals surface area (Å²) in [6.45, 7) is 6.70. The Balaban J connectivity index is 2.08. The van der Waals surface area contributed by atoms with Crippen molar-refractivity contribution in [3.63, 3.8) is 0 Å². The molecule has 1 aliphatic rings. The molecule has 8 heteroatoms. The minimum Gasteiger partial charge on any atom is -0.357 e. The van der Waals surface area contributed by atoms with E-state index in [0.717, 1.165) is 25.3 Å². The normalized spacial score (nSPS) is 15.1. The van der Waals surface area contributed by atoms with E-state index in [-0.39, 0.29) is 11.5 Å². The van der Waals surface area contributed by atoms with E-state index in [1.165, 1.54) is 6.07 Å². The van der Waals surface area contributed by atoms with Crippen molar-refractivity contribution < 1.29 is 13.2 Å². The van der Waals surface area contributed by atoms with Gasteiger partial charge in [-0.2, -0.15) is 13.2 Å². The number of aromatic nitrogens is 2. The SMILES string of the molecule is C=C/C=C\C(=C/C)n1c(Nc2ccccc2)cc(=O)c2c(C(F)(F)F)cc(N3CCCCC3)nc21. The molecule has 1 aromatic carbocycles. The lowest BCUT2D eigenvalue weighted by molar-refractivity contribution is -0.136. The lowest BCUT2D eigenvalue weighted by Gasteiger charge is -2.29. The molecule has 35 heavy (non-hydrogen) atoms. The molecule has 0 radical (unpaired) electrons. The summed E-state index contributed by atoms with van der Waals surface area (Å²) in [5.74, 6) is 0.532. The van der Waals surface area contributed by atoms with Crippen LogP contribution in [-0.2, 0) is 6.18 Å². The molecule has 0 aliphatic carbocycles. The van der Waals surface area contributed by atoms with Crippen LogP contribution >= 0.6 is 0 Å². The van der Waals surface area contributed by atoms with E-state index in [1.807, 2.05) is 35.2 Å². The maximum atomic E-state index is 14.3. The van der Waals surface area contributed by atoms with Gasteiger partial charge in [0, 0.05) is 30.5 Å². The van der Waals surface area contributed by atoms with Gasteiger partial charge in [-0.3, -0.25) is 9.36 Å². The monoisotopic (exact) mass is 480 g/mol. The highest BCUT2D eigenvalue weighted by Crippen LogP contribution is 2.37. The average Bonchev–Trinajstić information content (AvgIpc) is 2.85. The Morgan fingerprint density at radius 2 is 1.83 bits per heavy atom. The van der Waals surface area contributed by atoms with Gasteiger partial charge >= 0.3 is 6.18 Å². The third-order valence-electron chi connectivity index (χ3n) is 5.94. The Bertz CT molecular complexity index is 1330. The van der Waals surface area contributed by atoms with Crippen LogP contribution in [0, 0.1) is 0 Å². The summed E-state index contributed by atoms with van der Waals surface area (Å²) in [7, 11) is 0. The zero-order valence-corrected chi connectivity index (χ0v) is 19.5. The van der Waals surface area contributed by atoms with E-state index < -0.39 is 22.6 Å². The molecule has 4 rings (SSSR count). The van der Waals surface area contributed by atoms with Gasteiger partial charge in [0.05, 0.1) is 10.9 Å². The lowest BCUT2D eigenvalue weighted by Crippen LogP contribution is -2.31. The number of allylic oxidation sites excluding steroid dienone is 5. The Hall–Kier alpha value is -3.81. The van der Waals surface area contributed by atoms with Gasteiger partial charge in [0.1, 0.15) is 11.6 Å². The highest BCUT2D eigenvalue weighted by Gasteiger charge is 2.36. The van der Waals surface area contributed by atoms with Crippen molar-refractivity contribution in [2.75, 3.05) is 23.3 Å². The Labute approximate surface area is 201 Å². The molecule has 1 fully saturated rings. The minimum absolute atomic E-state index is 0.0480. The van der Waals surface area contributed by atoms with Gasteiger partial charge in [-0.25, -0.2) is 4.98 Å². The molecule has 5 nitrogen and oxygen atoms in total. The molecule has 3 aromatic rings. The fourth-order valence-electron chi connectivity index (χ4n) is 4.30. The number of benzene rings is 1. The molecule has 0 amide bonds. The number of halogens is 3. The summed E-state index contributed by atoms with van der Waals surface area (Å²) in [5.41, 5.74) is -0.539. The maximum absolute atomic E-state index is 14.3. The molecule has 0 spiro atoms. The maximum Gasteiger partial charge on any atom is 0.417 e. The second kappa shape index (κ2) is 10.2. The number of para-hydroxylation sites is 1. The quantitative estimate of drug-likeness (QED) is 0.397. The lowest BCUT2D eigenvalue weighted by atomic mass is 10.1. The molecule has 182 valence electrons. The fraction of sp³-hybridized carbons (Fsp3) is 0.259.